The van der Waals surface area contributed by atoms with E-state index >= 15 is 0 Å². The summed E-state index contributed by atoms with van der Waals surface area (Å²) in [5, 5.41) is 20.0. The summed E-state index contributed by atoms with van der Waals surface area (Å²) in [6.07, 6.45) is 7.97. The fraction of sp³-hybridized carbons (Fsp3) is 0.677. The van der Waals surface area contributed by atoms with Gasteiger partial charge in [-0.1, -0.05) is 78.5 Å². The zero-order valence-electron chi connectivity index (χ0n) is 25.1. The molecule has 0 unspecified atom stereocenters. The van der Waals surface area contributed by atoms with E-state index in [9.17, 15) is 9.59 Å². The molecule has 0 fully saturated rings. The van der Waals surface area contributed by atoms with Gasteiger partial charge in [0, 0.05) is 30.6 Å². The molecule has 0 aliphatic rings. The van der Waals surface area contributed by atoms with Crippen LogP contribution in [-0.4, -0.2) is 36.7 Å². The molecule has 39 heavy (non-hydrogen) atoms. The number of ether oxygens (including phenoxy) is 2. The summed E-state index contributed by atoms with van der Waals surface area (Å²) < 4.78 is 10.8. The molecule has 0 spiro atoms. The SMILES string of the molecule is Cc1cc(C(C)(C)C)c(OC(=O)N(CCCCCCOC#N)C(=O)NCCCCCCC#N)c(C(C)(C)C)c1. The van der Waals surface area contributed by atoms with Crippen molar-refractivity contribution in [2.75, 3.05) is 19.7 Å². The lowest BCUT2D eigenvalue weighted by Gasteiger charge is -2.31. The van der Waals surface area contributed by atoms with Crippen LogP contribution in [0.3, 0.4) is 0 Å². The van der Waals surface area contributed by atoms with Crippen molar-refractivity contribution in [3.8, 4) is 18.1 Å². The molecule has 0 aromatic heterocycles. The van der Waals surface area contributed by atoms with Crippen LogP contribution in [0.15, 0.2) is 12.1 Å². The topological polar surface area (TPSA) is 115 Å². The quantitative estimate of drug-likeness (QED) is 0.191. The minimum Gasteiger partial charge on any atom is -0.428 e. The number of amides is 3. The number of nitriles is 2. The van der Waals surface area contributed by atoms with E-state index in [4.69, 9.17) is 20.0 Å². The maximum absolute atomic E-state index is 13.6. The Morgan fingerprint density at radius 2 is 1.44 bits per heavy atom. The first-order valence-electron chi connectivity index (χ1n) is 14.1. The molecule has 8 heteroatoms. The zero-order valence-corrected chi connectivity index (χ0v) is 25.1. The Bertz CT molecular complexity index is 974. The number of carbonyl (C=O) groups excluding carboxylic acids is 2. The number of benzene rings is 1. The van der Waals surface area contributed by atoms with Crippen molar-refractivity contribution in [2.24, 2.45) is 0 Å². The van der Waals surface area contributed by atoms with Gasteiger partial charge >= 0.3 is 12.1 Å². The van der Waals surface area contributed by atoms with Crippen LogP contribution in [0.5, 0.6) is 5.75 Å². The lowest BCUT2D eigenvalue weighted by Crippen LogP contribution is -2.46. The smallest absolute Gasteiger partial charge is 0.423 e. The molecule has 0 atom stereocenters. The van der Waals surface area contributed by atoms with Gasteiger partial charge in [0.1, 0.15) is 12.4 Å². The molecule has 0 aliphatic carbocycles. The Labute approximate surface area is 235 Å². The van der Waals surface area contributed by atoms with Gasteiger partial charge in [-0.2, -0.15) is 10.5 Å². The van der Waals surface area contributed by atoms with Crippen LogP contribution in [0.4, 0.5) is 9.59 Å². The third-order valence-corrected chi connectivity index (χ3v) is 6.44. The van der Waals surface area contributed by atoms with Crippen LogP contribution in [0.25, 0.3) is 0 Å². The minimum absolute atomic E-state index is 0.230. The van der Waals surface area contributed by atoms with E-state index in [2.05, 4.69) is 65.1 Å². The minimum atomic E-state index is -0.686. The predicted molar refractivity (Wildman–Crippen MR) is 153 cm³/mol. The highest BCUT2D eigenvalue weighted by atomic mass is 16.6. The van der Waals surface area contributed by atoms with Gasteiger partial charge in [0.25, 0.3) is 6.26 Å². The van der Waals surface area contributed by atoms with Gasteiger partial charge in [0.2, 0.25) is 0 Å². The Morgan fingerprint density at radius 3 is 2.00 bits per heavy atom. The largest absolute Gasteiger partial charge is 0.428 e. The van der Waals surface area contributed by atoms with E-state index in [1.807, 2.05) is 6.92 Å². The van der Waals surface area contributed by atoms with E-state index in [1.165, 1.54) is 4.90 Å². The number of hydrogen-bond acceptors (Lipinski definition) is 6. The Morgan fingerprint density at radius 1 is 0.872 bits per heavy atom. The lowest BCUT2D eigenvalue weighted by molar-refractivity contribution is 0.151. The third kappa shape index (κ3) is 12.4. The molecule has 216 valence electrons. The highest BCUT2D eigenvalue weighted by Gasteiger charge is 2.31. The molecule has 1 rings (SSSR count). The maximum Gasteiger partial charge on any atom is 0.423 e. The molecule has 1 aromatic rings. The summed E-state index contributed by atoms with van der Waals surface area (Å²) in [4.78, 5) is 27.9. The Balaban J connectivity index is 3.08. The molecule has 1 N–H and O–H groups in total. The number of rotatable bonds is 14. The molecule has 0 bridgehead atoms. The predicted octanol–water partition coefficient (Wildman–Crippen LogP) is 7.63. The highest BCUT2D eigenvalue weighted by Crippen LogP contribution is 2.41. The second kappa shape index (κ2) is 16.6. The molecule has 0 aliphatic heterocycles. The Kier molecular flexibility index (Phi) is 14.4. The number of imide groups is 1. The Hall–Kier alpha value is -3.26. The molecule has 0 saturated heterocycles. The second-order valence-corrected chi connectivity index (χ2v) is 12.1. The number of hydrogen-bond donors (Lipinski definition) is 1. The number of nitrogens with one attached hydrogen (secondary N) is 1. The van der Waals surface area contributed by atoms with Crippen molar-refractivity contribution in [1.82, 2.24) is 10.2 Å². The fourth-order valence-electron chi connectivity index (χ4n) is 4.23. The summed E-state index contributed by atoms with van der Waals surface area (Å²) in [5.74, 6) is 0.523. The summed E-state index contributed by atoms with van der Waals surface area (Å²) in [6.45, 7) is 15.6. The van der Waals surface area contributed by atoms with E-state index < -0.39 is 12.1 Å². The van der Waals surface area contributed by atoms with E-state index in [1.54, 1.807) is 6.26 Å². The van der Waals surface area contributed by atoms with Crippen LogP contribution in [0.1, 0.15) is 116 Å². The molecule has 3 amide bonds. The van der Waals surface area contributed by atoms with Crippen LogP contribution in [0.2, 0.25) is 0 Å². The first-order chi connectivity index (χ1) is 18.3. The average Bonchev–Trinajstić information content (AvgIpc) is 2.84. The first-order valence-corrected chi connectivity index (χ1v) is 14.1. The number of urea groups is 1. The summed E-state index contributed by atoms with van der Waals surface area (Å²) in [6, 6.07) is 5.78. The maximum atomic E-state index is 13.6. The molecular weight excluding hydrogens is 492 g/mol. The standard InChI is InChI=1S/C31H48N4O4/c1-24-21-25(30(2,3)4)27(26(22-24)31(5,6)7)39-29(37)35(19-15-11-12-16-20-38-23-33)28(36)34-18-14-10-8-9-13-17-32/h21-22H,8-16,18-20H2,1-7H3,(H,34,36). The fourth-order valence-corrected chi connectivity index (χ4v) is 4.23. The van der Waals surface area contributed by atoms with Gasteiger partial charge in [-0.25, -0.2) is 14.5 Å². The van der Waals surface area contributed by atoms with E-state index in [0.29, 0.717) is 31.7 Å². The second-order valence-electron chi connectivity index (χ2n) is 12.1. The summed E-state index contributed by atoms with van der Waals surface area (Å²) >= 11 is 0. The van der Waals surface area contributed by atoms with Gasteiger partial charge in [-0.3, -0.25) is 0 Å². The van der Waals surface area contributed by atoms with Crippen molar-refractivity contribution < 1.29 is 19.1 Å². The molecule has 0 heterocycles. The monoisotopic (exact) mass is 540 g/mol. The van der Waals surface area contributed by atoms with Gasteiger partial charge in [-0.15, -0.1) is 0 Å². The van der Waals surface area contributed by atoms with Gasteiger partial charge in [0.15, 0.2) is 0 Å². The van der Waals surface area contributed by atoms with E-state index in [-0.39, 0.29) is 17.4 Å². The van der Waals surface area contributed by atoms with E-state index in [0.717, 1.165) is 61.6 Å². The normalized spacial score (nSPS) is 11.3. The average molecular weight is 541 g/mol. The van der Waals surface area contributed by atoms with Crippen molar-refractivity contribution in [1.29, 1.82) is 10.5 Å². The van der Waals surface area contributed by atoms with Crippen LogP contribution >= 0.6 is 0 Å². The van der Waals surface area contributed by atoms with Crippen molar-refractivity contribution in [3.05, 3.63) is 28.8 Å². The summed E-state index contributed by atoms with van der Waals surface area (Å²) in [5.41, 5.74) is 2.40. The van der Waals surface area contributed by atoms with Gasteiger partial charge < -0.3 is 14.8 Å². The third-order valence-electron chi connectivity index (χ3n) is 6.44. The first kappa shape index (κ1) is 33.8. The molecule has 0 saturated carbocycles. The van der Waals surface area contributed by atoms with Gasteiger partial charge in [0.05, 0.1) is 6.07 Å². The lowest BCUT2D eigenvalue weighted by atomic mass is 9.78. The zero-order chi connectivity index (χ0) is 29.5. The van der Waals surface area contributed by atoms with Crippen molar-refractivity contribution in [2.45, 2.75) is 117 Å². The van der Waals surface area contributed by atoms with Gasteiger partial charge in [-0.05, 0) is 49.9 Å². The van der Waals surface area contributed by atoms with Crippen LogP contribution < -0.4 is 10.1 Å². The number of nitrogens with zero attached hydrogens (tertiary/aromatic N) is 3. The molecule has 0 radical (unpaired) electrons. The van der Waals surface area contributed by atoms with Crippen molar-refractivity contribution >= 4 is 12.1 Å². The highest BCUT2D eigenvalue weighted by molar-refractivity contribution is 5.92. The van der Waals surface area contributed by atoms with Crippen molar-refractivity contribution in [3.63, 3.8) is 0 Å². The number of aryl methyl sites for hydroxylation is 1. The molecule has 8 nitrogen and oxygen atoms in total. The van der Waals surface area contributed by atoms with Crippen LogP contribution in [-0.2, 0) is 15.6 Å². The summed E-state index contributed by atoms with van der Waals surface area (Å²) in [7, 11) is 0. The number of unbranched alkanes of at least 4 members (excludes halogenated alkanes) is 7. The number of carbonyl (C=O) groups is 2. The van der Waals surface area contributed by atoms with Crippen LogP contribution in [0, 0.1) is 29.8 Å². The molecular formula is C31H48N4O4. The molecule has 1 aromatic carbocycles.